The minimum Gasteiger partial charge on any atom is -0.456 e. The molecule has 2 heteroatoms. The molecule has 2 nitrogen and oxygen atoms in total. The lowest BCUT2D eigenvalue weighted by Gasteiger charge is -2.01. The lowest BCUT2D eigenvalue weighted by Crippen LogP contribution is -2.39. The van der Waals surface area contributed by atoms with Crippen LogP contribution in [0.2, 0.25) is 0 Å². The van der Waals surface area contributed by atoms with Crippen LogP contribution in [-0.2, 0) is 0 Å². The van der Waals surface area contributed by atoms with Gasteiger partial charge in [-0.3, -0.25) is 4.79 Å². The molecule has 0 unspecified atom stereocenters. The van der Waals surface area contributed by atoms with Crippen molar-refractivity contribution in [3.63, 3.8) is 0 Å². The molecule has 1 aliphatic rings. The van der Waals surface area contributed by atoms with E-state index in [1.54, 1.807) is 0 Å². The van der Waals surface area contributed by atoms with E-state index < -0.39 is 0 Å². The van der Waals surface area contributed by atoms with E-state index in [4.69, 9.17) is 4.42 Å². The summed E-state index contributed by atoms with van der Waals surface area (Å²) >= 11 is 0. The largest absolute Gasteiger partial charge is 0.456 e. The van der Waals surface area contributed by atoms with Crippen molar-refractivity contribution in [1.29, 1.82) is 0 Å². The third-order valence-electron chi connectivity index (χ3n) is 2.71. The molecule has 0 aliphatic heterocycles. The Morgan fingerprint density at radius 2 is 1.87 bits per heavy atom. The molecule has 0 bridgehead atoms. The molecule has 0 atom stereocenters. The van der Waals surface area contributed by atoms with Crippen molar-refractivity contribution in [2.24, 2.45) is 0 Å². The molecular formula is C13H10O2. The Morgan fingerprint density at radius 1 is 1.07 bits per heavy atom. The highest BCUT2D eigenvalue weighted by atomic mass is 16.3. The van der Waals surface area contributed by atoms with E-state index in [-0.39, 0.29) is 5.43 Å². The van der Waals surface area contributed by atoms with Gasteiger partial charge in [0, 0.05) is 0 Å². The number of hydrogen-bond acceptors (Lipinski definition) is 2. The standard InChI is InChI=1S/C13H10O2/c14-13-9-5-1-3-7-11(9)15-12-8-4-2-6-10(12)13/h1,3,5-8H,2,4H2. The predicted octanol–water partition coefficient (Wildman–Crippen LogP) is 1.15. The van der Waals surface area contributed by atoms with Gasteiger partial charge < -0.3 is 4.42 Å². The first-order valence-electron chi connectivity index (χ1n) is 5.08. The van der Waals surface area contributed by atoms with Crippen LogP contribution in [0.4, 0.5) is 0 Å². The summed E-state index contributed by atoms with van der Waals surface area (Å²) in [4.78, 5) is 12.1. The summed E-state index contributed by atoms with van der Waals surface area (Å²) < 4.78 is 5.68. The molecule has 15 heavy (non-hydrogen) atoms. The van der Waals surface area contributed by atoms with Gasteiger partial charge in [0.15, 0.2) is 5.43 Å². The monoisotopic (exact) mass is 198 g/mol. The van der Waals surface area contributed by atoms with Crippen molar-refractivity contribution in [3.8, 4) is 0 Å². The van der Waals surface area contributed by atoms with Crippen LogP contribution in [-0.4, -0.2) is 0 Å². The third kappa shape index (κ3) is 1.22. The minimum absolute atomic E-state index is 0.0859. The highest BCUT2D eigenvalue weighted by Crippen LogP contribution is 2.05. The molecule has 0 N–H and O–H groups in total. The SMILES string of the molecule is O=c1c2c(oc3ccccc13)=CCCC=2. The number of para-hydroxylation sites is 1. The number of benzene rings is 1. The molecule has 3 rings (SSSR count). The van der Waals surface area contributed by atoms with Gasteiger partial charge in [-0.15, -0.1) is 0 Å². The van der Waals surface area contributed by atoms with Crippen LogP contribution >= 0.6 is 0 Å². The summed E-state index contributed by atoms with van der Waals surface area (Å²) in [6, 6.07) is 7.38. The van der Waals surface area contributed by atoms with E-state index in [1.807, 2.05) is 36.4 Å². The molecule has 0 spiro atoms. The lowest BCUT2D eigenvalue weighted by atomic mass is 10.1. The number of fused-ring (bicyclic) bond motifs is 2. The zero-order chi connectivity index (χ0) is 10.3. The van der Waals surface area contributed by atoms with Crippen LogP contribution in [0, 0.1) is 0 Å². The Hall–Kier alpha value is -1.83. The van der Waals surface area contributed by atoms with Gasteiger partial charge in [0.05, 0.1) is 10.6 Å². The summed E-state index contributed by atoms with van der Waals surface area (Å²) in [5.74, 6) is 0. The van der Waals surface area contributed by atoms with E-state index >= 15 is 0 Å². The van der Waals surface area contributed by atoms with E-state index in [0.29, 0.717) is 11.0 Å². The predicted molar refractivity (Wildman–Crippen MR) is 59.9 cm³/mol. The smallest absolute Gasteiger partial charge is 0.200 e. The third-order valence-corrected chi connectivity index (χ3v) is 2.71. The van der Waals surface area contributed by atoms with E-state index in [1.165, 1.54) is 0 Å². The summed E-state index contributed by atoms with van der Waals surface area (Å²) in [6.07, 6.45) is 5.83. The lowest BCUT2D eigenvalue weighted by molar-refractivity contribution is 0.554. The molecule has 0 amide bonds. The minimum atomic E-state index is 0.0859. The van der Waals surface area contributed by atoms with Crippen LogP contribution in [0.1, 0.15) is 12.8 Å². The van der Waals surface area contributed by atoms with E-state index in [2.05, 4.69) is 0 Å². The molecule has 0 radical (unpaired) electrons. The van der Waals surface area contributed by atoms with Crippen molar-refractivity contribution in [2.45, 2.75) is 12.8 Å². The van der Waals surface area contributed by atoms with Gasteiger partial charge in [0.2, 0.25) is 0 Å². The Morgan fingerprint density at radius 3 is 2.80 bits per heavy atom. The van der Waals surface area contributed by atoms with Gasteiger partial charge in [0.1, 0.15) is 11.0 Å². The highest BCUT2D eigenvalue weighted by molar-refractivity contribution is 5.76. The first kappa shape index (κ1) is 8.48. The molecule has 74 valence electrons. The fourth-order valence-electron chi connectivity index (χ4n) is 1.96. The van der Waals surface area contributed by atoms with Gasteiger partial charge in [0.25, 0.3) is 0 Å². The van der Waals surface area contributed by atoms with E-state index in [0.717, 1.165) is 23.5 Å². The van der Waals surface area contributed by atoms with Crippen molar-refractivity contribution in [2.75, 3.05) is 0 Å². The first-order valence-corrected chi connectivity index (χ1v) is 5.08. The van der Waals surface area contributed by atoms with Gasteiger partial charge >= 0.3 is 0 Å². The van der Waals surface area contributed by atoms with Gasteiger partial charge in [-0.1, -0.05) is 18.2 Å². The molecule has 0 saturated carbocycles. The van der Waals surface area contributed by atoms with Crippen LogP contribution in [0.15, 0.2) is 33.5 Å². The number of hydrogen-bond donors (Lipinski definition) is 0. The van der Waals surface area contributed by atoms with Crippen LogP contribution in [0.5, 0.6) is 0 Å². The second kappa shape index (κ2) is 3.09. The average Bonchev–Trinajstić information content (AvgIpc) is 2.30. The second-order valence-corrected chi connectivity index (χ2v) is 3.69. The van der Waals surface area contributed by atoms with Crippen LogP contribution < -0.4 is 16.1 Å². The van der Waals surface area contributed by atoms with Gasteiger partial charge in [-0.2, -0.15) is 0 Å². The molecular weight excluding hydrogens is 188 g/mol. The Balaban J connectivity index is 2.65. The average molecular weight is 198 g/mol. The first-order chi connectivity index (χ1) is 7.36. The van der Waals surface area contributed by atoms with Crippen LogP contribution in [0.3, 0.4) is 0 Å². The highest BCUT2D eigenvalue weighted by Gasteiger charge is 2.04. The zero-order valence-corrected chi connectivity index (χ0v) is 8.19. The maximum atomic E-state index is 12.1. The summed E-state index contributed by atoms with van der Waals surface area (Å²) in [6.45, 7) is 0. The quantitative estimate of drug-likeness (QED) is 0.635. The van der Waals surface area contributed by atoms with E-state index in [9.17, 15) is 4.79 Å². The molecule has 1 aromatic carbocycles. The maximum absolute atomic E-state index is 12.1. The Bertz CT molecular complexity index is 693. The fourth-order valence-corrected chi connectivity index (χ4v) is 1.96. The molecule has 2 aromatic rings. The summed E-state index contributed by atoms with van der Waals surface area (Å²) in [5.41, 5.74) is 1.49. The van der Waals surface area contributed by atoms with Gasteiger partial charge in [-0.25, -0.2) is 0 Å². The van der Waals surface area contributed by atoms with Crippen molar-refractivity contribution >= 4 is 23.1 Å². The number of rotatable bonds is 0. The molecule has 1 heterocycles. The maximum Gasteiger partial charge on any atom is 0.200 e. The zero-order valence-electron chi connectivity index (χ0n) is 8.19. The second-order valence-electron chi connectivity index (χ2n) is 3.69. The van der Waals surface area contributed by atoms with Crippen molar-refractivity contribution in [1.82, 2.24) is 0 Å². The van der Waals surface area contributed by atoms with Crippen molar-refractivity contribution in [3.05, 3.63) is 45.1 Å². The Kier molecular flexibility index (Phi) is 1.75. The molecule has 0 fully saturated rings. The Labute approximate surface area is 86.2 Å². The summed E-state index contributed by atoms with van der Waals surface area (Å²) in [5, 5.41) is 1.39. The van der Waals surface area contributed by atoms with Crippen molar-refractivity contribution < 1.29 is 4.42 Å². The van der Waals surface area contributed by atoms with Gasteiger partial charge in [-0.05, 0) is 31.1 Å². The topological polar surface area (TPSA) is 30.2 Å². The molecule has 0 saturated heterocycles. The molecule has 1 aromatic heterocycles. The fraction of sp³-hybridized carbons (Fsp3) is 0.154. The molecule has 1 aliphatic carbocycles. The summed E-state index contributed by atoms with van der Waals surface area (Å²) in [7, 11) is 0. The normalized spacial score (nSPS) is 14.1. The van der Waals surface area contributed by atoms with Crippen LogP contribution in [0.25, 0.3) is 23.1 Å².